The highest BCUT2D eigenvalue weighted by Crippen LogP contribution is 2.29. The number of carbonyl (C=O) groups is 1. The SMILES string of the molecule is Cc1cc(S(=O)(=O)CC2=NNC(=O)/C2=C\N(C)C)c(Cl)cc1Cl. The van der Waals surface area contributed by atoms with E-state index < -0.39 is 21.5 Å². The lowest BCUT2D eigenvalue weighted by Crippen LogP contribution is -2.21. The molecule has 6 nitrogen and oxygen atoms in total. The van der Waals surface area contributed by atoms with Crippen LogP contribution < -0.4 is 5.43 Å². The molecule has 0 saturated carbocycles. The van der Waals surface area contributed by atoms with E-state index in [2.05, 4.69) is 10.5 Å². The van der Waals surface area contributed by atoms with Crippen molar-refractivity contribution in [3.05, 3.63) is 39.5 Å². The molecule has 124 valence electrons. The van der Waals surface area contributed by atoms with Crippen molar-refractivity contribution in [2.24, 2.45) is 5.10 Å². The molecule has 1 N–H and O–H groups in total. The van der Waals surface area contributed by atoms with E-state index in [0.29, 0.717) is 10.6 Å². The Morgan fingerprint density at radius 2 is 1.91 bits per heavy atom. The van der Waals surface area contributed by atoms with Crippen LogP contribution in [0.4, 0.5) is 0 Å². The van der Waals surface area contributed by atoms with Crippen LogP contribution in [-0.2, 0) is 14.6 Å². The summed E-state index contributed by atoms with van der Waals surface area (Å²) >= 11 is 11.9. The molecule has 2 rings (SSSR count). The van der Waals surface area contributed by atoms with Gasteiger partial charge in [-0.3, -0.25) is 4.79 Å². The van der Waals surface area contributed by atoms with Gasteiger partial charge in [-0.25, -0.2) is 13.8 Å². The largest absolute Gasteiger partial charge is 0.383 e. The van der Waals surface area contributed by atoms with Crippen LogP contribution in [0.5, 0.6) is 0 Å². The van der Waals surface area contributed by atoms with E-state index in [1.54, 1.807) is 25.9 Å². The van der Waals surface area contributed by atoms with E-state index >= 15 is 0 Å². The van der Waals surface area contributed by atoms with Crippen LogP contribution in [0.3, 0.4) is 0 Å². The number of halogens is 2. The van der Waals surface area contributed by atoms with Gasteiger partial charge < -0.3 is 4.90 Å². The Labute approximate surface area is 144 Å². The first kappa shape index (κ1) is 17.8. The maximum absolute atomic E-state index is 12.6. The molecular weight excluding hydrogens is 361 g/mol. The Kier molecular flexibility index (Phi) is 5.03. The summed E-state index contributed by atoms with van der Waals surface area (Å²) < 4.78 is 25.2. The van der Waals surface area contributed by atoms with Gasteiger partial charge in [-0.15, -0.1) is 0 Å². The number of nitrogens with one attached hydrogen (secondary N) is 1. The minimum absolute atomic E-state index is 0.0349. The van der Waals surface area contributed by atoms with Gasteiger partial charge in [0.05, 0.1) is 27.0 Å². The summed E-state index contributed by atoms with van der Waals surface area (Å²) in [7, 11) is -0.326. The predicted molar refractivity (Wildman–Crippen MR) is 90.6 cm³/mol. The van der Waals surface area contributed by atoms with Crippen LogP contribution in [0.1, 0.15) is 5.56 Å². The third-order valence-corrected chi connectivity index (χ3v) is 5.60. The molecule has 1 aromatic carbocycles. The Balaban J connectivity index is 2.39. The molecule has 0 unspecified atom stereocenters. The number of rotatable bonds is 4. The number of benzene rings is 1. The molecule has 1 aliphatic rings. The lowest BCUT2D eigenvalue weighted by molar-refractivity contribution is -0.116. The summed E-state index contributed by atoms with van der Waals surface area (Å²) in [6, 6.07) is 2.81. The fourth-order valence-electron chi connectivity index (χ4n) is 2.00. The van der Waals surface area contributed by atoms with Crippen molar-refractivity contribution in [2.45, 2.75) is 11.8 Å². The van der Waals surface area contributed by atoms with Gasteiger partial charge >= 0.3 is 0 Å². The summed E-state index contributed by atoms with van der Waals surface area (Å²) in [5.41, 5.74) is 3.22. The average molecular weight is 376 g/mol. The highest BCUT2D eigenvalue weighted by molar-refractivity contribution is 7.92. The third kappa shape index (κ3) is 3.85. The first-order chi connectivity index (χ1) is 10.6. The standard InChI is InChI=1S/C14H15Cl2N3O3S/c1-8-4-13(11(16)5-10(8)15)23(21,22)7-12-9(6-19(2)3)14(20)18-17-12/h4-6H,7H2,1-3H3,(H,18,20)/b9-6-. The zero-order valence-electron chi connectivity index (χ0n) is 12.7. The van der Waals surface area contributed by atoms with Gasteiger partial charge in [0.25, 0.3) is 5.91 Å². The number of amides is 1. The molecular formula is C14H15Cl2N3O3S. The Morgan fingerprint density at radius 1 is 1.26 bits per heavy atom. The molecule has 0 aliphatic carbocycles. The second-order valence-corrected chi connectivity index (χ2v) is 8.07. The fourth-order valence-corrected chi connectivity index (χ4v) is 4.18. The molecule has 9 heteroatoms. The van der Waals surface area contributed by atoms with Crippen molar-refractivity contribution in [1.82, 2.24) is 10.3 Å². The number of hydrogen-bond donors (Lipinski definition) is 1. The summed E-state index contributed by atoms with van der Waals surface area (Å²) in [6.45, 7) is 1.69. The smallest absolute Gasteiger partial charge is 0.274 e. The molecule has 0 saturated heterocycles. The quantitative estimate of drug-likeness (QED) is 0.816. The molecule has 0 bridgehead atoms. The van der Waals surface area contributed by atoms with Gasteiger partial charge in [-0.2, -0.15) is 5.10 Å². The zero-order valence-corrected chi connectivity index (χ0v) is 15.1. The zero-order chi connectivity index (χ0) is 17.4. The topological polar surface area (TPSA) is 78.8 Å². The van der Waals surface area contributed by atoms with Gasteiger partial charge in [-0.1, -0.05) is 23.2 Å². The van der Waals surface area contributed by atoms with Crippen molar-refractivity contribution in [3.8, 4) is 0 Å². The van der Waals surface area contributed by atoms with E-state index in [4.69, 9.17) is 23.2 Å². The second-order valence-electron chi connectivity index (χ2n) is 5.30. The molecule has 0 fully saturated rings. The van der Waals surface area contributed by atoms with Crippen molar-refractivity contribution in [3.63, 3.8) is 0 Å². The average Bonchev–Trinajstić information content (AvgIpc) is 2.74. The van der Waals surface area contributed by atoms with Crippen LogP contribution >= 0.6 is 23.2 Å². The number of nitrogens with zero attached hydrogens (tertiary/aromatic N) is 2. The summed E-state index contributed by atoms with van der Waals surface area (Å²) in [4.78, 5) is 13.4. The van der Waals surface area contributed by atoms with E-state index in [1.165, 1.54) is 18.3 Å². The first-order valence-corrected chi connectivity index (χ1v) is 8.96. The maximum Gasteiger partial charge on any atom is 0.274 e. The number of carbonyl (C=O) groups excluding carboxylic acids is 1. The second kappa shape index (κ2) is 6.51. The van der Waals surface area contributed by atoms with Crippen molar-refractivity contribution >= 4 is 44.7 Å². The Morgan fingerprint density at radius 3 is 2.52 bits per heavy atom. The molecule has 1 amide bonds. The number of sulfone groups is 1. The van der Waals surface area contributed by atoms with Gasteiger partial charge in [0.1, 0.15) is 0 Å². The van der Waals surface area contributed by atoms with Crippen molar-refractivity contribution < 1.29 is 13.2 Å². The van der Waals surface area contributed by atoms with Gasteiger partial charge in [-0.05, 0) is 24.6 Å². The van der Waals surface area contributed by atoms with Crippen molar-refractivity contribution in [2.75, 3.05) is 19.8 Å². The number of hydrazone groups is 1. The maximum atomic E-state index is 12.6. The molecule has 1 aliphatic heterocycles. The van der Waals surface area contributed by atoms with Gasteiger partial charge in [0, 0.05) is 25.3 Å². The molecule has 1 heterocycles. The summed E-state index contributed by atoms with van der Waals surface area (Å²) in [6.07, 6.45) is 1.52. The number of aryl methyl sites for hydroxylation is 1. The van der Waals surface area contributed by atoms with E-state index in [9.17, 15) is 13.2 Å². The van der Waals surface area contributed by atoms with Crippen LogP contribution in [-0.4, -0.2) is 44.8 Å². The highest BCUT2D eigenvalue weighted by atomic mass is 35.5. The lowest BCUT2D eigenvalue weighted by Gasteiger charge is -2.10. The molecule has 0 spiro atoms. The first-order valence-electron chi connectivity index (χ1n) is 6.55. The number of hydrogen-bond acceptors (Lipinski definition) is 5. The van der Waals surface area contributed by atoms with E-state index in [0.717, 1.165) is 0 Å². The van der Waals surface area contributed by atoms with Gasteiger partial charge in [0.15, 0.2) is 9.84 Å². The monoisotopic (exact) mass is 375 g/mol. The van der Waals surface area contributed by atoms with Crippen LogP contribution in [0.15, 0.2) is 33.9 Å². The molecule has 0 atom stereocenters. The third-order valence-electron chi connectivity index (χ3n) is 3.11. The predicted octanol–water partition coefficient (Wildman–Crippen LogP) is 2.01. The van der Waals surface area contributed by atoms with E-state index in [1.807, 2.05) is 0 Å². The van der Waals surface area contributed by atoms with Crippen molar-refractivity contribution in [1.29, 1.82) is 0 Å². The Bertz CT molecular complexity index is 830. The minimum Gasteiger partial charge on any atom is -0.383 e. The highest BCUT2D eigenvalue weighted by Gasteiger charge is 2.29. The van der Waals surface area contributed by atoms with Crippen LogP contribution in [0.2, 0.25) is 10.0 Å². The summed E-state index contributed by atoms with van der Waals surface area (Å²) in [5.74, 6) is -0.881. The Hall–Kier alpha value is -1.57. The molecule has 1 aromatic rings. The van der Waals surface area contributed by atoms with Crippen LogP contribution in [0.25, 0.3) is 0 Å². The van der Waals surface area contributed by atoms with Gasteiger partial charge in [0.2, 0.25) is 0 Å². The van der Waals surface area contributed by atoms with Crippen LogP contribution in [0, 0.1) is 6.92 Å². The minimum atomic E-state index is -3.78. The normalized spacial score (nSPS) is 16.5. The molecule has 0 radical (unpaired) electrons. The summed E-state index contributed by atoms with van der Waals surface area (Å²) in [5, 5.41) is 4.23. The molecule has 0 aromatic heterocycles. The lowest BCUT2D eigenvalue weighted by atomic mass is 10.2. The van der Waals surface area contributed by atoms with E-state index in [-0.39, 0.29) is 21.2 Å². The molecule has 23 heavy (non-hydrogen) atoms. The fraction of sp³-hybridized carbons (Fsp3) is 0.286.